The Kier molecular flexibility index (Phi) is 2.84. The highest BCUT2D eigenvalue weighted by atomic mass is 16.1. The van der Waals surface area contributed by atoms with Gasteiger partial charge >= 0.3 is 0 Å². The summed E-state index contributed by atoms with van der Waals surface area (Å²) in [6.45, 7) is 2.10. The Morgan fingerprint density at radius 1 is 1.36 bits per heavy atom. The molecule has 0 saturated carbocycles. The van der Waals surface area contributed by atoms with Crippen molar-refractivity contribution in [3.8, 4) is 0 Å². The molecule has 0 atom stereocenters. The molecule has 1 aromatic rings. The molecule has 1 nitrogen and oxygen atoms in total. The van der Waals surface area contributed by atoms with Gasteiger partial charge in [-0.3, -0.25) is 4.79 Å². The first kappa shape index (κ1) is 7.99. The third-order valence-corrected chi connectivity index (χ3v) is 1.68. The van der Waals surface area contributed by atoms with Gasteiger partial charge in [-0.2, -0.15) is 0 Å². The summed E-state index contributed by atoms with van der Waals surface area (Å²) in [6, 6.07) is 8.04. The van der Waals surface area contributed by atoms with Gasteiger partial charge in [0.2, 0.25) is 6.29 Å². The first-order valence-corrected chi connectivity index (χ1v) is 3.79. The van der Waals surface area contributed by atoms with Crippen LogP contribution in [0.25, 0.3) is 0 Å². The van der Waals surface area contributed by atoms with Crippen LogP contribution >= 0.6 is 0 Å². The molecule has 1 rings (SSSR count). The van der Waals surface area contributed by atoms with E-state index in [-0.39, 0.29) is 0 Å². The topological polar surface area (TPSA) is 17.1 Å². The molecule has 0 spiro atoms. The smallest absolute Gasteiger partial charge is 0.203 e. The summed E-state index contributed by atoms with van der Waals surface area (Å²) in [4.78, 5) is 10.0. The fraction of sp³-hybridized carbons (Fsp3) is 0.300. The average Bonchev–Trinajstić information content (AvgIpc) is 2.06. The zero-order valence-corrected chi connectivity index (χ0v) is 6.63. The summed E-state index contributed by atoms with van der Waals surface area (Å²) in [5.41, 5.74) is 2.33. The minimum absolute atomic E-state index is 0.411. The van der Waals surface area contributed by atoms with E-state index < -0.39 is 0 Å². The summed E-state index contributed by atoms with van der Waals surface area (Å²) in [5.74, 6) is 0. The highest BCUT2D eigenvalue weighted by Crippen LogP contribution is 2.05. The third-order valence-electron chi connectivity index (χ3n) is 1.68. The molecule has 0 amide bonds. The highest BCUT2D eigenvalue weighted by Gasteiger charge is 1.92. The molecular weight excluding hydrogens is 136 g/mol. The van der Waals surface area contributed by atoms with Gasteiger partial charge in [-0.05, 0) is 17.5 Å². The van der Waals surface area contributed by atoms with Crippen molar-refractivity contribution in [3.63, 3.8) is 0 Å². The fourth-order valence-electron chi connectivity index (χ4n) is 1.04. The van der Waals surface area contributed by atoms with E-state index in [1.54, 1.807) is 0 Å². The Bertz CT molecular complexity index is 240. The molecule has 0 aromatic heterocycles. The zero-order valence-electron chi connectivity index (χ0n) is 6.63. The van der Waals surface area contributed by atoms with Gasteiger partial charge in [-0.15, -0.1) is 0 Å². The zero-order chi connectivity index (χ0) is 8.10. The summed E-state index contributed by atoms with van der Waals surface area (Å²) < 4.78 is 0. The van der Waals surface area contributed by atoms with E-state index in [4.69, 9.17) is 0 Å². The van der Waals surface area contributed by atoms with E-state index >= 15 is 0 Å². The summed E-state index contributed by atoms with van der Waals surface area (Å²) in [5, 5.41) is 0. The van der Waals surface area contributed by atoms with Gasteiger partial charge in [-0.25, -0.2) is 0 Å². The van der Waals surface area contributed by atoms with Crippen LogP contribution in [0.3, 0.4) is 0 Å². The second-order valence-electron chi connectivity index (χ2n) is 2.49. The maximum Gasteiger partial charge on any atom is 0.203 e. The van der Waals surface area contributed by atoms with Crippen LogP contribution in [-0.2, 0) is 17.6 Å². The van der Waals surface area contributed by atoms with Gasteiger partial charge in [0.15, 0.2) is 0 Å². The quantitative estimate of drug-likeness (QED) is 0.638. The van der Waals surface area contributed by atoms with Crippen molar-refractivity contribution >= 4 is 6.29 Å². The lowest BCUT2D eigenvalue weighted by Gasteiger charge is -1.97. The van der Waals surface area contributed by atoms with Crippen molar-refractivity contribution in [2.75, 3.05) is 0 Å². The predicted molar refractivity (Wildman–Crippen MR) is 45.2 cm³/mol. The van der Waals surface area contributed by atoms with Crippen LogP contribution < -0.4 is 0 Å². The van der Waals surface area contributed by atoms with E-state index in [1.165, 1.54) is 5.56 Å². The number of benzene rings is 1. The first-order valence-electron chi connectivity index (χ1n) is 3.79. The maximum absolute atomic E-state index is 10.0. The predicted octanol–water partition coefficient (Wildman–Crippen LogP) is 1.90. The molecule has 11 heavy (non-hydrogen) atoms. The maximum atomic E-state index is 10.0. The van der Waals surface area contributed by atoms with Gasteiger partial charge < -0.3 is 0 Å². The van der Waals surface area contributed by atoms with Crippen molar-refractivity contribution in [2.45, 2.75) is 19.8 Å². The Labute approximate surface area is 67.1 Å². The molecule has 0 aliphatic heterocycles. The summed E-state index contributed by atoms with van der Waals surface area (Å²) in [7, 11) is 0. The number of hydrogen-bond acceptors (Lipinski definition) is 1. The van der Waals surface area contributed by atoms with Crippen molar-refractivity contribution in [1.82, 2.24) is 0 Å². The fourth-order valence-corrected chi connectivity index (χ4v) is 1.04. The second-order valence-corrected chi connectivity index (χ2v) is 2.49. The molecule has 0 aliphatic rings. The molecule has 0 saturated heterocycles. The molecule has 0 bridgehead atoms. The van der Waals surface area contributed by atoms with Crippen LogP contribution in [0.5, 0.6) is 0 Å². The normalized spacial score (nSPS) is 9.55. The van der Waals surface area contributed by atoms with Crippen LogP contribution in [-0.4, -0.2) is 6.29 Å². The van der Waals surface area contributed by atoms with Gasteiger partial charge in [0, 0.05) is 6.42 Å². The number of hydrogen-bond donors (Lipinski definition) is 0. The molecule has 1 aromatic carbocycles. The third kappa shape index (κ3) is 2.19. The van der Waals surface area contributed by atoms with Gasteiger partial charge in [-0.1, -0.05) is 31.2 Å². The van der Waals surface area contributed by atoms with Crippen LogP contribution in [0.4, 0.5) is 0 Å². The monoisotopic (exact) mass is 147 g/mol. The molecule has 0 aliphatic carbocycles. The largest absolute Gasteiger partial charge is 0.291 e. The molecule has 1 radical (unpaired) electrons. The molecule has 57 valence electrons. The van der Waals surface area contributed by atoms with E-state index in [0.29, 0.717) is 6.42 Å². The van der Waals surface area contributed by atoms with E-state index in [9.17, 15) is 4.79 Å². The van der Waals surface area contributed by atoms with Crippen molar-refractivity contribution in [3.05, 3.63) is 35.4 Å². The van der Waals surface area contributed by atoms with Crippen molar-refractivity contribution in [1.29, 1.82) is 0 Å². The molecule has 0 N–H and O–H groups in total. The van der Waals surface area contributed by atoms with E-state index in [2.05, 4.69) is 13.0 Å². The Morgan fingerprint density at radius 3 is 2.73 bits per heavy atom. The molecule has 1 heteroatoms. The Hall–Kier alpha value is -1.11. The number of rotatable bonds is 3. The van der Waals surface area contributed by atoms with E-state index in [0.717, 1.165) is 12.0 Å². The lowest BCUT2D eigenvalue weighted by atomic mass is 10.1. The highest BCUT2D eigenvalue weighted by molar-refractivity contribution is 5.55. The SMILES string of the molecule is CCc1cccc(C[C]=O)c1. The summed E-state index contributed by atoms with van der Waals surface area (Å²) >= 11 is 0. The van der Waals surface area contributed by atoms with Crippen LogP contribution in [0.1, 0.15) is 18.1 Å². The molecule has 0 unspecified atom stereocenters. The van der Waals surface area contributed by atoms with E-state index in [1.807, 2.05) is 24.5 Å². The van der Waals surface area contributed by atoms with Gasteiger partial charge in [0.25, 0.3) is 0 Å². The lowest BCUT2D eigenvalue weighted by molar-refractivity contribution is 0.555. The van der Waals surface area contributed by atoms with Gasteiger partial charge in [0.1, 0.15) is 0 Å². The average molecular weight is 147 g/mol. The molecular formula is C10H11O. The van der Waals surface area contributed by atoms with Crippen molar-refractivity contribution < 1.29 is 4.79 Å². The first-order chi connectivity index (χ1) is 5.36. The van der Waals surface area contributed by atoms with Crippen molar-refractivity contribution in [2.24, 2.45) is 0 Å². The standard InChI is InChI=1S/C10H11O/c1-2-9-4-3-5-10(8-9)6-7-11/h3-5,8H,2,6H2,1H3. The molecule has 0 fully saturated rings. The number of carbonyl (C=O) groups excluding carboxylic acids is 1. The second kappa shape index (κ2) is 3.91. The minimum Gasteiger partial charge on any atom is -0.291 e. The number of aryl methyl sites for hydroxylation is 1. The Balaban J connectivity index is 2.82. The molecule has 0 heterocycles. The Morgan fingerprint density at radius 2 is 2.09 bits per heavy atom. The van der Waals surface area contributed by atoms with Gasteiger partial charge in [0.05, 0.1) is 0 Å². The summed E-state index contributed by atoms with van der Waals surface area (Å²) in [6.07, 6.45) is 3.32. The lowest BCUT2D eigenvalue weighted by Crippen LogP contribution is -1.87. The van der Waals surface area contributed by atoms with Crippen LogP contribution in [0, 0.1) is 0 Å². The van der Waals surface area contributed by atoms with Crippen LogP contribution in [0.2, 0.25) is 0 Å². The minimum atomic E-state index is 0.411. The van der Waals surface area contributed by atoms with Crippen LogP contribution in [0.15, 0.2) is 24.3 Å².